The zero-order valence-electron chi connectivity index (χ0n) is 18.8. The molecule has 0 spiro atoms. The maximum Gasteiger partial charge on any atom is 0.191 e. The van der Waals surface area contributed by atoms with Crippen LogP contribution in [0.1, 0.15) is 31.4 Å². The van der Waals surface area contributed by atoms with Gasteiger partial charge >= 0.3 is 0 Å². The number of allylic oxidation sites excluding steroid dienone is 1. The molecule has 0 unspecified atom stereocenters. The van der Waals surface area contributed by atoms with Gasteiger partial charge in [0.25, 0.3) is 0 Å². The molecule has 0 saturated heterocycles. The van der Waals surface area contributed by atoms with Crippen LogP contribution in [0.4, 0.5) is 0 Å². The summed E-state index contributed by atoms with van der Waals surface area (Å²) < 4.78 is 11.1. The average Bonchev–Trinajstić information content (AvgIpc) is 2.80. The van der Waals surface area contributed by atoms with Crippen molar-refractivity contribution < 1.29 is 19.1 Å². The Hall–Kier alpha value is -3.54. The fourth-order valence-electron chi connectivity index (χ4n) is 2.96. The first kappa shape index (κ1) is 24.7. The number of carbonyl (C=O) groups is 2. The molecule has 2 aromatic rings. The summed E-state index contributed by atoms with van der Waals surface area (Å²) in [5.41, 5.74) is 1.95. The van der Waals surface area contributed by atoms with E-state index in [4.69, 9.17) is 9.47 Å². The Labute approximate surface area is 189 Å². The first-order chi connectivity index (χ1) is 15.4. The minimum atomic E-state index is -0.255. The van der Waals surface area contributed by atoms with E-state index in [2.05, 4.69) is 37.1 Å². The number of hydrogen-bond donors (Lipinski definition) is 0. The summed E-state index contributed by atoms with van der Waals surface area (Å²) in [6.45, 7) is 11.3. The lowest BCUT2D eigenvalue weighted by Gasteiger charge is -2.26. The molecular weight excluding hydrogens is 404 g/mol. The quantitative estimate of drug-likeness (QED) is 0.329. The van der Waals surface area contributed by atoms with E-state index in [0.29, 0.717) is 17.9 Å². The van der Waals surface area contributed by atoms with Gasteiger partial charge in [0.15, 0.2) is 11.6 Å². The van der Waals surface area contributed by atoms with Crippen LogP contribution in [-0.2, 0) is 15.0 Å². The molecule has 6 heteroatoms. The Balaban J connectivity index is 1.94. The van der Waals surface area contributed by atoms with Gasteiger partial charge in [0.05, 0.1) is 0 Å². The summed E-state index contributed by atoms with van der Waals surface area (Å²) >= 11 is 0. The van der Waals surface area contributed by atoms with Crippen molar-refractivity contribution in [1.82, 2.24) is 0 Å². The summed E-state index contributed by atoms with van der Waals surface area (Å²) in [5, 5.41) is 0. The summed E-state index contributed by atoms with van der Waals surface area (Å²) in [6, 6.07) is 15.4. The molecule has 0 heterocycles. The third kappa shape index (κ3) is 7.61. The minimum absolute atomic E-state index is 0.0129. The van der Waals surface area contributed by atoms with Crippen molar-refractivity contribution in [3.63, 3.8) is 0 Å². The molecular formula is C26H30N2O4. The Morgan fingerprint density at radius 1 is 0.875 bits per heavy atom. The number of nitrogens with zero attached hydrogens (tertiary/aromatic N) is 2. The molecule has 32 heavy (non-hydrogen) atoms. The molecule has 0 aromatic heterocycles. The van der Waals surface area contributed by atoms with E-state index in [1.165, 1.54) is 0 Å². The highest BCUT2D eigenvalue weighted by molar-refractivity contribution is 5.83. The van der Waals surface area contributed by atoms with Crippen LogP contribution in [0.3, 0.4) is 0 Å². The maximum absolute atomic E-state index is 11.8. The van der Waals surface area contributed by atoms with Crippen molar-refractivity contribution in [2.75, 3.05) is 26.3 Å². The highest BCUT2D eigenvalue weighted by Gasteiger charge is 2.23. The van der Waals surface area contributed by atoms with E-state index in [1.807, 2.05) is 48.5 Å². The molecule has 0 N–H and O–H groups in total. The smallest absolute Gasteiger partial charge is 0.191 e. The number of Topliss-reactive ketones (excluding diaryl/α,β-unsaturated/α-hetero) is 2. The predicted octanol–water partition coefficient (Wildman–Crippen LogP) is 4.26. The van der Waals surface area contributed by atoms with Gasteiger partial charge in [-0.2, -0.15) is 0 Å². The van der Waals surface area contributed by atoms with Crippen LogP contribution in [0.25, 0.3) is 0 Å². The van der Waals surface area contributed by atoms with Crippen molar-refractivity contribution in [2.24, 2.45) is 9.98 Å². The first-order valence-corrected chi connectivity index (χ1v) is 10.4. The Morgan fingerprint density at radius 2 is 1.34 bits per heavy atom. The van der Waals surface area contributed by atoms with Gasteiger partial charge in [0.2, 0.25) is 0 Å². The van der Waals surface area contributed by atoms with E-state index >= 15 is 0 Å². The number of hydrogen-bond acceptors (Lipinski definition) is 6. The predicted molar refractivity (Wildman–Crippen MR) is 129 cm³/mol. The minimum Gasteiger partial charge on any atom is -0.486 e. The summed E-state index contributed by atoms with van der Waals surface area (Å²) in [5.74, 6) is 1.06. The van der Waals surface area contributed by atoms with Gasteiger partial charge in [0, 0.05) is 11.6 Å². The Morgan fingerprint density at radius 3 is 1.78 bits per heavy atom. The lowest BCUT2D eigenvalue weighted by Crippen LogP contribution is -2.19. The average molecular weight is 435 g/mol. The molecule has 0 amide bonds. The molecule has 0 radical (unpaired) electrons. The molecule has 168 valence electrons. The SMILES string of the molecule is C=CCC=NCC(=O)COc1ccc(C(C)(C)c2ccc(OCC(=O)CN=C)cc2)cc1. The number of benzene rings is 2. The number of carbonyl (C=O) groups excluding carboxylic acids is 2. The van der Waals surface area contributed by atoms with Crippen molar-refractivity contribution >= 4 is 24.5 Å². The zero-order valence-corrected chi connectivity index (χ0v) is 18.8. The molecule has 0 aliphatic heterocycles. The second-order valence-electron chi connectivity index (χ2n) is 7.76. The monoisotopic (exact) mass is 434 g/mol. The third-order valence-corrected chi connectivity index (χ3v) is 4.91. The number of ether oxygens (including phenoxy) is 2. The lowest BCUT2D eigenvalue weighted by atomic mass is 9.78. The summed E-state index contributed by atoms with van der Waals surface area (Å²) in [7, 11) is 0. The number of ketones is 2. The topological polar surface area (TPSA) is 77.3 Å². The highest BCUT2D eigenvalue weighted by Crippen LogP contribution is 2.33. The van der Waals surface area contributed by atoms with Crippen LogP contribution in [0, 0.1) is 0 Å². The number of rotatable bonds is 14. The van der Waals surface area contributed by atoms with E-state index in [9.17, 15) is 9.59 Å². The van der Waals surface area contributed by atoms with Gasteiger partial charge in [-0.1, -0.05) is 44.2 Å². The van der Waals surface area contributed by atoms with Crippen LogP contribution >= 0.6 is 0 Å². The molecule has 0 fully saturated rings. The van der Waals surface area contributed by atoms with Gasteiger partial charge in [-0.25, -0.2) is 0 Å². The summed E-state index contributed by atoms with van der Waals surface area (Å²) in [6.07, 6.45) is 4.04. The van der Waals surface area contributed by atoms with E-state index in [1.54, 1.807) is 12.3 Å². The van der Waals surface area contributed by atoms with Crippen LogP contribution in [-0.4, -0.2) is 50.8 Å². The molecule has 0 aliphatic carbocycles. The van der Waals surface area contributed by atoms with Crippen molar-refractivity contribution in [3.05, 3.63) is 72.3 Å². The van der Waals surface area contributed by atoms with Gasteiger partial charge in [-0.05, 0) is 48.5 Å². The fraction of sp³-hybridized carbons (Fsp3) is 0.308. The van der Waals surface area contributed by atoms with Crippen LogP contribution in [0.15, 0.2) is 71.2 Å². The van der Waals surface area contributed by atoms with Crippen LogP contribution in [0.5, 0.6) is 11.5 Å². The second-order valence-corrected chi connectivity index (χ2v) is 7.76. The van der Waals surface area contributed by atoms with Gasteiger partial charge < -0.3 is 9.47 Å². The van der Waals surface area contributed by atoms with Crippen molar-refractivity contribution in [1.29, 1.82) is 0 Å². The van der Waals surface area contributed by atoms with E-state index in [-0.39, 0.29) is 43.3 Å². The molecule has 6 nitrogen and oxygen atoms in total. The molecule has 0 bridgehead atoms. The zero-order chi connectivity index (χ0) is 23.4. The molecule has 0 atom stereocenters. The lowest BCUT2D eigenvalue weighted by molar-refractivity contribution is -0.120. The van der Waals surface area contributed by atoms with Crippen molar-refractivity contribution in [3.8, 4) is 11.5 Å². The second kappa shape index (κ2) is 12.3. The maximum atomic E-state index is 11.8. The number of aliphatic imine (C=N–C) groups is 2. The van der Waals surface area contributed by atoms with Crippen molar-refractivity contribution in [2.45, 2.75) is 25.7 Å². The highest BCUT2D eigenvalue weighted by atomic mass is 16.5. The standard InChI is InChI=1S/C26H30N2O4/c1-5-6-15-28-17-23(30)19-32-25-13-9-21(10-14-25)26(2,3)20-7-11-24(12-8-20)31-18-22(29)16-27-4/h5,7-15H,1,4,6,16-19H2,2-3H3. The molecule has 2 aromatic carbocycles. The van der Waals surface area contributed by atoms with E-state index in [0.717, 1.165) is 11.1 Å². The molecule has 0 saturated carbocycles. The Bertz CT molecular complexity index is 945. The third-order valence-electron chi connectivity index (χ3n) is 4.91. The Kier molecular flexibility index (Phi) is 9.54. The van der Waals surface area contributed by atoms with Gasteiger partial charge in [0.1, 0.15) is 37.8 Å². The first-order valence-electron chi connectivity index (χ1n) is 10.4. The van der Waals surface area contributed by atoms with E-state index < -0.39 is 0 Å². The van der Waals surface area contributed by atoms with Gasteiger partial charge in [-0.15, -0.1) is 6.58 Å². The largest absolute Gasteiger partial charge is 0.486 e. The van der Waals surface area contributed by atoms with Gasteiger partial charge in [-0.3, -0.25) is 19.6 Å². The normalized spacial score (nSPS) is 11.2. The molecule has 0 aliphatic rings. The summed E-state index contributed by atoms with van der Waals surface area (Å²) in [4.78, 5) is 30.9. The van der Waals surface area contributed by atoms with Crippen LogP contribution < -0.4 is 9.47 Å². The molecule has 2 rings (SSSR count). The van der Waals surface area contributed by atoms with Crippen LogP contribution in [0.2, 0.25) is 0 Å². The fourth-order valence-corrected chi connectivity index (χ4v) is 2.96.